The quantitative estimate of drug-likeness (QED) is 0.617. The Morgan fingerprint density at radius 1 is 1.27 bits per heavy atom. The first-order chi connectivity index (χ1) is 10.0. The summed E-state index contributed by atoms with van der Waals surface area (Å²) in [5.41, 5.74) is -0.551. The third-order valence-corrected chi connectivity index (χ3v) is 4.63. The van der Waals surface area contributed by atoms with Crippen LogP contribution in [0.2, 0.25) is 10.0 Å². The topological polar surface area (TPSA) is 72.5 Å². The highest BCUT2D eigenvalue weighted by Crippen LogP contribution is 2.24. The minimum absolute atomic E-state index is 0.0843. The molecule has 0 amide bonds. The molecule has 0 aliphatic rings. The van der Waals surface area contributed by atoms with E-state index < -0.39 is 15.6 Å². The van der Waals surface area contributed by atoms with Crippen LogP contribution in [0.3, 0.4) is 0 Å². The highest BCUT2D eigenvalue weighted by atomic mass is 35.5. The largest absolute Gasteiger partial charge is 0.460 e. The fourth-order valence-electron chi connectivity index (χ4n) is 1.59. The lowest BCUT2D eigenvalue weighted by molar-refractivity contribution is -0.154. The van der Waals surface area contributed by atoms with Crippen molar-refractivity contribution in [3.8, 4) is 0 Å². The van der Waals surface area contributed by atoms with Crippen molar-refractivity contribution in [2.24, 2.45) is 0 Å². The molecule has 0 heterocycles. The van der Waals surface area contributed by atoms with Crippen molar-refractivity contribution in [2.75, 3.05) is 6.54 Å². The predicted octanol–water partition coefficient (Wildman–Crippen LogP) is 3.39. The summed E-state index contributed by atoms with van der Waals surface area (Å²) in [7, 11) is -3.77. The van der Waals surface area contributed by atoms with Gasteiger partial charge in [0.1, 0.15) is 10.5 Å². The Morgan fingerprint density at radius 2 is 1.91 bits per heavy atom. The van der Waals surface area contributed by atoms with E-state index in [9.17, 15) is 13.2 Å². The van der Waals surface area contributed by atoms with Crippen molar-refractivity contribution in [1.29, 1.82) is 0 Å². The highest BCUT2D eigenvalue weighted by Gasteiger charge is 2.19. The van der Waals surface area contributed by atoms with E-state index in [0.717, 1.165) is 0 Å². The van der Waals surface area contributed by atoms with Crippen molar-refractivity contribution >= 4 is 39.2 Å². The van der Waals surface area contributed by atoms with E-state index in [4.69, 9.17) is 27.9 Å². The van der Waals surface area contributed by atoms with Crippen molar-refractivity contribution in [1.82, 2.24) is 4.72 Å². The number of carbonyl (C=O) groups is 1. The normalized spacial score (nSPS) is 12.2. The summed E-state index contributed by atoms with van der Waals surface area (Å²) < 4.78 is 31.7. The standard InChI is InChI=1S/C14H19Cl2NO4S/c1-14(2,3)21-13(18)5-4-8-17-22(19,20)12-9-10(15)6-7-11(12)16/h6-7,9,17H,4-5,8H2,1-3H3. The van der Waals surface area contributed by atoms with Gasteiger partial charge >= 0.3 is 5.97 Å². The van der Waals surface area contributed by atoms with Gasteiger partial charge in [0.15, 0.2) is 0 Å². The number of sulfonamides is 1. The highest BCUT2D eigenvalue weighted by molar-refractivity contribution is 7.89. The average molecular weight is 368 g/mol. The number of rotatable bonds is 6. The SMILES string of the molecule is CC(C)(C)OC(=O)CCCNS(=O)(=O)c1cc(Cl)ccc1Cl. The lowest BCUT2D eigenvalue weighted by atomic mass is 10.2. The molecule has 0 spiro atoms. The summed E-state index contributed by atoms with van der Waals surface area (Å²) >= 11 is 11.6. The van der Waals surface area contributed by atoms with Crippen LogP contribution in [0.4, 0.5) is 0 Å². The monoisotopic (exact) mass is 367 g/mol. The van der Waals surface area contributed by atoms with Gasteiger partial charge in [-0.1, -0.05) is 23.2 Å². The van der Waals surface area contributed by atoms with Crippen LogP contribution >= 0.6 is 23.2 Å². The summed E-state index contributed by atoms with van der Waals surface area (Å²) in [4.78, 5) is 11.4. The maximum atomic E-state index is 12.1. The van der Waals surface area contributed by atoms with Crippen LogP contribution in [0.5, 0.6) is 0 Å². The van der Waals surface area contributed by atoms with Crippen molar-refractivity contribution in [2.45, 2.75) is 44.1 Å². The first-order valence-electron chi connectivity index (χ1n) is 6.68. The number of hydrogen-bond acceptors (Lipinski definition) is 4. The molecule has 1 aromatic carbocycles. The molecular formula is C14H19Cl2NO4S. The van der Waals surface area contributed by atoms with E-state index in [1.54, 1.807) is 20.8 Å². The van der Waals surface area contributed by atoms with E-state index in [1.807, 2.05) is 0 Å². The third-order valence-electron chi connectivity index (χ3n) is 2.45. The van der Waals surface area contributed by atoms with Gasteiger partial charge in [-0.3, -0.25) is 4.79 Å². The van der Waals surface area contributed by atoms with Gasteiger partial charge < -0.3 is 4.74 Å². The molecule has 0 atom stereocenters. The van der Waals surface area contributed by atoms with Crippen LogP contribution in [-0.4, -0.2) is 26.5 Å². The fraction of sp³-hybridized carbons (Fsp3) is 0.500. The molecule has 0 bridgehead atoms. The Balaban J connectivity index is 2.54. The summed E-state index contributed by atoms with van der Waals surface area (Å²) in [6.45, 7) is 5.42. The zero-order chi connectivity index (χ0) is 17.0. The zero-order valence-electron chi connectivity index (χ0n) is 12.7. The molecule has 1 aromatic rings. The maximum absolute atomic E-state index is 12.1. The molecule has 0 saturated carbocycles. The van der Waals surface area contributed by atoms with Crippen molar-refractivity contribution in [3.05, 3.63) is 28.2 Å². The molecule has 0 fully saturated rings. The van der Waals surface area contributed by atoms with Gasteiger partial charge in [-0.15, -0.1) is 0 Å². The van der Waals surface area contributed by atoms with Gasteiger partial charge in [0.25, 0.3) is 0 Å². The van der Waals surface area contributed by atoms with E-state index >= 15 is 0 Å². The molecule has 124 valence electrons. The molecule has 0 saturated heterocycles. The van der Waals surface area contributed by atoms with Crippen LogP contribution in [0, 0.1) is 0 Å². The maximum Gasteiger partial charge on any atom is 0.306 e. The van der Waals surface area contributed by atoms with Gasteiger partial charge in [0.2, 0.25) is 10.0 Å². The van der Waals surface area contributed by atoms with Gasteiger partial charge in [-0.25, -0.2) is 13.1 Å². The Bertz CT molecular complexity index is 639. The summed E-state index contributed by atoms with van der Waals surface area (Å²) in [6.07, 6.45) is 0.454. The second-order valence-corrected chi connectivity index (χ2v) is 8.24. The van der Waals surface area contributed by atoms with E-state index in [0.29, 0.717) is 6.42 Å². The fourth-order valence-corrected chi connectivity index (χ4v) is 3.43. The second kappa shape index (κ2) is 7.64. The molecule has 5 nitrogen and oxygen atoms in total. The van der Waals surface area contributed by atoms with Crippen LogP contribution in [0.25, 0.3) is 0 Å². The van der Waals surface area contributed by atoms with Crippen molar-refractivity contribution in [3.63, 3.8) is 0 Å². The minimum Gasteiger partial charge on any atom is -0.460 e. The molecule has 0 aliphatic heterocycles. The molecule has 0 aliphatic carbocycles. The number of halogens is 2. The number of hydrogen-bond donors (Lipinski definition) is 1. The molecule has 0 radical (unpaired) electrons. The van der Waals surface area contributed by atoms with Crippen LogP contribution < -0.4 is 4.72 Å². The molecule has 22 heavy (non-hydrogen) atoms. The molecule has 1 N–H and O–H groups in total. The predicted molar refractivity (Wildman–Crippen MR) is 86.7 cm³/mol. The van der Waals surface area contributed by atoms with E-state index in [-0.39, 0.29) is 33.9 Å². The smallest absolute Gasteiger partial charge is 0.306 e. The van der Waals surface area contributed by atoms with Crippen LogP contribution in [-0.2, 0) is 19.6 Å². The number of esters is 1. The number of carbonyl (C=O) groups excluding carboxylic acids is 1. The number of benzene rings is 1. The molecule has 0 unspecified atom stereocenters. The average Bonchev–Trinajstić information content (AvgIpc) is 2.35. The summed E-state index contributed by atoms with van der Waals surface area (Å²) in [6, 6.07) is 4.20. The van der Waals surface area contributed by atoms with Gasteiger partial charge in [0, 0.05) is 18.0 Å². The summed E-state index contributed by atoms with van der Waals surface area (Å²) in [5.74, 6) is -0.368. The second-order valence-electron chi connectivity index (χ2n) is 5.66. The Hall–Kier alpha value is -0.820. The number of ether oxygens (including phenoxy) is 1. The minimum atomic E-state index is -3.77. The molecular weight excluding hydrogens is 349 g/mol. The first-order valence-corrected chi connectivity index (χ1v) is 8.92. The van der Waals surface area contributed by atoms with Crippen molar-refractivity contribution < 1.29 is 17.9 Å². The lowest BCUT2D eigenvalue weighted by Gasteiger charge is -2.19. The Kier molecular flexibility index (Phi) is 6.67. The molecule has 1 rings (SSSR count). The van der Waals surface area contributed by atoms with Crippen LogP contribution in [0.1, 0.15) is 33.6 Å². The van der Waals surface area contributed by atoms with Gasteiger partial charge in [0.05, 0.1) is 5.02 Å². The van der Waals surface area contributed by atoms with E-state index in [1.165, 1.54) is 18.2 Å². The van der Waals surface area contributed by atoms with E-state index in [2.05, 4.69) is 4.72 Å². The van der Waals surface area contributed by atoms with Gasteiger partial charge in [-0.05, 0) is 45.4 Å². The molecule has 0 aromatic heterocycles. The Labute approximate surface area is 141 Å². The summed E-state index contributed by atoms with van der Waals surface area (Å²) in [5, 5.41) is 0.363. The number of nitrogens with one attached hydrogen (secondary N) is 1. The lowest BCUT2D eigenvalue weighted by Crippen LogP contribution is -2.27. The zero-order valence-corrected chi connectivity index (χ0v) is 15.0. The first kappa shape index (κ1) is 19.2. The van der Waals surface area contributed by atoms with Gasteiger partial charge in [-0.2, -0.15) is 0 Å². The molecule has 8 heteroatoms. The van der Waals surface area contributed by atoms with Crippen LogP contribution in [0.15, 0.2) is 23.1 Å². The third kappa shape index (κ3) is 6.52. The Morgan fingerprint density at radius 3 is 2.50 bits per heavy atom.